The van der Waals surface area contributed by atoms with Crippen molar-refractivity contribution >= 4 is 22.4 Å². The summed E-state index contributed by atoms with van der Waals surface area (Å²) >= 11 is 1.66. The predicted octanol–water partition coefficient (Wildman–Crippen LogP) is 3.27. The van der Waals surface area contributed by atoms with Crippen LogP contribution in [0.4, 0.5) is 0 Å². The van der Waals surface area contributed by atoms with E-state index in [1.54, 1.807) is 11.3 Å². The summed E-state index contributed by atoms with van der Waals surface area (Å²) in [5.74, 6) is 0.641. The molecule has 0 aliphatic heterocycles. The second-order valence-electron chi connectivity index (χ2n) is 4.32. The Kier molecular flexibility index (Phi) is 3.87. The molecular formula is C15H15N3OS. The number of thiazole rings is 1. The van der Waals surface area contributed by atoms with Gasteiger partial charge in [0.05, 0.1) is 22.6 Å². The number of rotatable bonds is 5. The van der Waals surface area contributed by atoms with Crippen LogP contribution in [-0.2, 0) is 12.8 Å². The number of ether oxygens (including phenoxy) is 1. The highest BCUT2D eigenvalue weighted by Gasteiger charge is 2.10. The SMILES string of the molecule is CCOc1nc2ccccc2nc1CCc1nccs1. The van der Waals surface area contributed by atoms with Gasteiger partial charge in [0, 0.05) is 24.4 Å². The lowest BCUT2D eigenvalue weighted by atomic mass is 10.2. The van der Waals surface area contributed by atoms with E-state index in [-0.39, 0.29) is 0 Å². The summed E-state index contributed by atoms with van der Waals surface area (Å²) in [6.07, 6.45) is 3.49. The number of aryl methyl sites for hydroxylation is 2. The zero-order valence-electron chi connectivity index (χ0n) is 11.2. The van der Waals surface area contributed by atoms with E-state index in [4.69, 9.17) is 4.74 Å². The molecule has 0 spiro atoms. The first-order chi connectivity index (χ1) is 9.86. The molecule has 3 rings (SSSR count). The van der Waals surface area contributed by atoms with Crippen LogP contribution in [0.15, 0.2) is 35.8 Å². The smallest absolute Gasteiger partial charge is 0.236 e. The van der Waals surface area contributed by atoms with Gasteiger partial charge in [0.15, 0.2) is 0 Å². The average molecular weight is 285 g/mol. The quantitative estimate of drug-likeness (QED) is 0.722. The molecule has 0 N–H and O–H groups in total. The third-order valence-electron chi connectivity index (χ3n) is 2.95. The summed E-state index contributed by atoms with van der Waals surface area (Å²) in [5, 5.41) is 3.10. The molecule has 102 valence electrons. The Hall–Kier alpha value is -2.01. The molecule has 0 amide bonds. The standard InChI is InChI=1S/C15H15N3OS/c1-2-19-15-13(7-8-14-16-9-10-20-14)17-11-5-3-4-6-12(11)18-15/h3-6,9-10H,2,7-8H2,1H3. The number of hydrogen-bond acceptors (Lipinski definition) is 5. The Morgan fingerprint density at radius 1 is 1.10 bits per heavy atom. The van der Waals surface area contributed by atoms with Crippen LogP contribution in [0.25, 0.3) is 11.0 Å². The van der Waals surface area contributed by atoms with Crippen molar-refractivity contribution in [3.8, 4) is 5.88 Å². The van der Waals surface area contributed by atoms with Gasteiger partial charge in [0.25, 0.3) is 0 Å². The largest absolute Gasteiger partial charge is 0.477 e. The highest BCUT2D eigenvalue weighted by Crippen LogP contribution is 2.21. The molecular weight excluding hydrogens is 270 g/mol. The fraction of sp³-hybridized carbons (Fsp3) is 0.267. The molecule has 0 saturated heterocycles. The van der Waals surface area contributed by atoms with Gasteiger partial charge >= 0.3 is 0 Å². The molecule has 0 saturated carbocycles. The van der Waals surface area contributed by atoms with Gasteiger partial charge in [-0.05, 0) is 19.1 Å². The average Bonchev–Trinajstić information content (AvgIpc) is 2.98. The van der Waals surface area contributed by atoms with Crippen LogP contribution in [0.3, 0.4) is 0 Å². The third kappa shape index (κ3) is 2.77. The van der Waals surface area contributed by atoms with E-state index in [2.05, 4.69) is 15.0 Å². The lowest BCUT2D eigenvalue weighted by Crippen LogP contribution is -2.04. The summed E-state index contributed by atoms with van der Waals surface area (Å²) in [6, 6.07) is 7.87. The highest BCUT2D eigenvalue weighted by atomic mass is 32.1. The monoisotopic (exact) mass is 285 g/mol. The van der Waals surface area contributed by atoms with E-state index >= 15 is 0 Å². The zero-order chi connectivity index (χ0) is 13.8. The Balaban J connectivity index is 1.92. The molecule has 3 aromatic rings. The van der Waals surface area contributed by atoms with E-state index in [9.17, 15) is 0 Å². The first-order valence-electron chi connectivity index (χ1n) is 6.63. The van der Waals surface area contributed by atoms with Gasteiger partial charge in [-0.3, -0.25) is 0 Å². The van der Waals surface area contributed by atoms with E-state index < -0.39 is 0 Å². The minimum absolute atomic E-state index is 0.595. The lowest BCUT2D eigenvalue weighted by Gasteiger charge is -2.09. The number of aromatic nitrogens is 3. The molecule has 2 aromatic heterocycles. The fourth-order valence-corrected chi connectivity index (χ4v) is 2.66. The number of benzene rings is 1. The molecule has 4 nitrogen and oxygen atoms in total. The van der Waals surface area contributed by atoms with Gasteiger partial charge in [-0.2, -0.15) is 0 Å². The molecule has 0 aliphatic carbocycles. The van der Waals surface area contributed by atoms with Gasteiger partial charge in [-0.25, -0.2) is 15.0 Å². The van der Waals surface area contributed by atoms with Crippen molar-refractivity contribution in [2.75, 3.05) is 6.61 Å². The summed E-state index contributed by atoms with van der Waals surface area (Å²) in [6.45, 7) is 2.55. The molecule has 2 heterocycles. The number of para-hydroxylation sites is 2. The van der Waals surface area contributed by atoms with E-state index in [0.29, 0.717) is 12.5 Å². The van der Waals surface area contributed by atoms with Gasteiger partial charge in [0.1, 0.15) is 5.69 Å². The molecule has 0 aliphatic rings. The normalized spacial score (nSPS) is 10.8. The van der Waals surface area contributed by atoms with Crippen molar-refractivity contribution in [3.05, 3.63) is 46.5 Å². The van der Waals surface area contributed by atoms with Crippen molar-refractivity contribution in [1.82, 2.24) is 15.0 Å². The second kappa shape index (κ2) is 5.96. The van der Waals surface area contributed by atoms with Crippen LogP contribution in [0, 0.1) is 0 Å². The van der Waals surface area contributed by atoms with Crippen molar-refractivity contribution in [2.24, 2.45) is 0 Å². The Morgan fingerprint density at radius 2 is 1.90 bits per heavy atom. The Bertz CT molecular complexity index is 697. The number of fused-ring (bicyclic) bond motifs is 1. The summed E-state index contributed by atoms with van der Waals surface area (Å²) in [7, 11) is 0. The van der Waals surface area contributed by atoms with Crippen molar-refractivity contribution < 1.29 is 4.74 Å². The minimum atomic E-state index is 0.595. The first-order valence-corrected chi connectivity index (χ1v) is 7.51. The number of nitrogens with zero attached hydrogens (tertiary/aromatic N) is 3. The maximum Gasteiger partial charge on any atom is 0.236 e. The lowest BCUT2D eigenvalue weighted by molar-refractivity contribution is 0.322. The van der Waals surface area contributed by atoms with Crippen molar-refractivity contribution in [1.29, 1.82) is 0 Å². The summed E-state index contributed by atoms with van der Waals surface area (Å²) < 4.78 is 5.62. The minimum Gasteiger partial charge on any atom is -0.477 e. The zero-order valence-corrected chi connectivity index (χ0v) is 12.1. The van der Waals surface area contributed by atoms with Crippen LogP contribution in [0.2, 0.25) is 0 Å². The Morgan fingerprint density at radius 3 is 2.60 bits per heavy atom. The molecule has 0 bridgehead atoms. The van der Waals surface area contributed by atoms with Gasteiger partial charge in [0.2, 0.25) is 5.88 Å². The van der Waals surface area contributed by atoms with E-state index in [1.807, 2.05) is 42.8 Å². The van der Waals surface area contributed by atoms with Crippen LogP contribution in [0.5, 0.6) is 5.88 Å². The summed E-state index contributed by atoms with van der Waals surface area (Å²) in [5.41, 5.74) is 2.68. The van der Waals surface area contributed by atoms with E-state index in [1.165, 1.54) is 0 Å². The maximum absolute atomic E-state index is 5.62. The van der Waals surface area contributed by atoms with E-state index in [0.717, 1.165) is 34.6 Å². The van der Waals surface area contributed by atoms with Crippen LogP contribution in [-0.4, -0.2) is 21.6 Å². The van der Waals surface area contributed by atoms with Crippen LogP contribution in [0.1, 0.15) is 17.6 Å². The molecule has 0 radical (unpaired) electrons. The van der Waals surface area contributed by atoms with Crippen molar-refractivity contribution in [3.63, 3.8) is 0 Å². The topological polar surface area (TPSA) is 47.9 Å². The molecule has 1 aromatic carbocycles. The molecule has 0 fully saturated rings. The molecule has 0 unspecified atom stereocenters. The van der Waals surface area contributed by atoms with Gasteiger partial charge in [-0.15, -0.1) is 11.3 Å². The van der Waals surface area contributed by atoms with Gasteiger partial charge in [-0.1, -0.05) is 12.1 Å². The Labute approximate surface area is 121 Å². The maximum atomic E-state index is 5.62. The van der Waals surface area contributed by atoms with Crippen LogP contribution < -0.4 is 4.74 Å². The highest BCUT2D eigenvalue weighted by molar-refractivity contribution is 7.09. The predicted molar refractivity (Wildman–Crippen MR) is 80.2 cm³/mol. The third-order valence-corrected chi connectivity index (χ3v) is 3.79. The molecule has 5 heteroatoms. The van der Waals surface area contributed by atoms with Gasteiger partial charge < -0.3 is 4.74 Å². The molecule has 0 atom stereocenters. The summed E-state index contributed by atoms with van der Waals surface area (Å²) in [4.78, 5) is 13.5. The first kappa shape index (κ1) is 13.0. The van der Waals surface area contributed by atoms with Crippen molar-refractivity contribution in [2.45, 2.75) is 19.8 Å². The second-order valence-corrected chi connectivity index (χ2v) is 5.30. The number of hydrogen-bond donors (Lipinski definition) is 0. The fourth-order valence-electron chi connectivity index (χ4n) is 2.04. The van der Waals surface area contributed by atoms with Crippen LogP contribution >= 0.6 is 11.3 Å². The molecule has 20 heavy (non-hydrogen) atoms.